The minimum atomic E-state index is -0.888. The first kappa shape index (κ1) is 16.6. The summed E-state index contributed by atoms with van der Waals surface area (Å²) in [6, 6.07) is 18.3. The molecule has 0 bridgehead atoms. The lowest BCUT2D eigenvalue weighted by atomic mass is 9.98. The smallest absolute Gasteiger partial charge is 0.335 e. The minimum Gasteiger partial charge on any atom is -0.478 e. The SMILES string of the molecule is CCc1ccc(-c2cc3c(n2-c2ccc(C(=O)O)cc2)CCCC3)cc1. The number of nitrogens with zero attached hydrogens (tertiary/aromatic N) is 1. The summed E-state index contributed by atoms with van der Waals surface area (Å²) in [4.78, 5) is 11.2. The van der Waals surface area contributed by atoms with Crippen LogP contribution in [0, 0.1) is 0 Å². The summed E-state index contributed by atoms with van der Waals surface area (Å²) >= 11 is 0. The van der Waals surface area contributed by atoms with Gasteiger partial charge in [0.2, 0.25) is 0 Å². The molecule has 0 saturated carbocycles. The van der Waals surface area contributed by atoms with Crippen molar-refractivity contribution in [3.8, 4) is 16.9 Å². The van der Waals surface area contributed by atoms with Crippen molar-refractivity contribution in [1.82, 2.24) is 4.57 Å². The number of carboxylic acid groups (broad SMARTS) is 1. The van der Waals surface area contributed by atoms with E-state index in [4.69, 9.17) is 0 Å². The molecule has 132 valence electrons. The van der Waals surface area contributed by atoms with Crippen LogP contribution in [0.5, 0.6) is 0 Å². The Bertz CT molecular complexity index is 934. The summed E-state index contributed by atoms with van der Waals surface area (Å²) in [6.07, 6.45) is 5.68. The molecule has 0 saturated heterocycles. The van der Waals surface area contributed by atoms with Crippen LogP contribution >= 0.6 is 0 Å². The van der Waals surface area contributed by atoms with E-state index < -0.39 is 5.97 Å². The molecule has 26 heavy (non-hydrogen) atoms. The summed E-state index contributed by atoms with van der Waals surface area (Å²) in [5.74, 6) is -0.888. The van der Waals surface area contributed by atoms with Gasteiger partial charge in [-0.1, -0.05) is 31.2 Å². The number of aryl methyl sites for hydroxylation is 2. The lowest BCUT2D eigenvalue weighted by molar-refractivity contribution is 0.0697. The lowest BCUT2D eigenvalue weighted by Crippen LogP contribution is -2.08. The maximum Gasteiger partial charge on any atom is 0.335 e. The first-order valence-corrected chi connectivity index (χ1v) is 9.34. The van der Waals surface area contributed by atoms with Crippen LogP contribution in [0.2, 0.25) is 0 Å². The molecule has 0 amide bonds. The monoisotopic (exact) mass is 345 g/mol. The summed E-state index contributed by atoms with van der Waals surface area (Å²) in [5.41, 5.74) is 7.89. The van der Waals surface area contributed by atoms with Gasteiger partial charge in [-0.05, 0) is 79.1 Å². The molecule has 0 aliphatic heterocycles. The third-order valence-electron chi connectivity index (χ3n) is 5.33. The highest BCUT2D eigenvalue weighted by Crippen LogP contribution is 2.34. The fourth-order valence-corrected chi connectivity index (χ4v) is 3.87. The van der Waals surface area contributed by atoms with E-state index in [1.807, 2.05) is 12.1 Å². The molecule has 0 atom stereocenters. The van der Waals surface area contributed by atoms with Crippen LogP contribution in [0.15, 0.2) is 54.6 Å². The molecular weight excluding hydrogens is 322 g/mol. The number of aromatic nitrogens is 1. The van der Waals surface area contributed by atoms with E-state index in [2.05, 4.69) is 41.8 Å². The van der Waals surface area contributed by atoms with E-state index in [9.17, 15) is 9.90 Å². The minimum absolute atomic E-state index is 0.323. The van der Waals surface area contributed by atoms with Crippen molar-refractivity contribution in [3.63, 3.8) is 0 Å². The van der Waals surface area contributed by atoms with Crippen molar-refractivity contribution in [2.75, 3.05) is 0 Å². The average molecular weight is 345 g/mol. The number of carboxylic acids is 1. The third-order valence-corrected chi connectivity index (χ3v) is 5.33. The molecule has 3 heteroatoms. The molecular formula is C23H23NO2. The van der Waals surface area contributed by atoms with Crippen molar-refractivity contribution in [3.05, 3.63) is 77.0 Å². The van der Waals surface area contributed by atoms with Crippen LogP contribution in [0.25, 0.3) is 16.9 Å². The summed E-state index contributed by atoms with van der Waals surface area (Å²) in [5, 5.41) is 9.17. The molecule has 4 rings (SSSR count). The maximum atomic E-state index is 11.2. The van der Waals surface area contributed by atoms with Gasteiger partial charge in [0.05, 0.1) is 11.3 Å². The van der Waals surface area contributed by atoms with Crippen molar-refractivity contribution in [2.45, 2.75) is 39.0 Å². The molecule has 2 aromatic carbocycles. The number of rotatable bonds is 4. The predicted molar refractivity (Wildman–Crippen MR) is 104 cm³/mol. The van der Waals surface area contributed by atoms with E-state index >= 15 is 0 Å². The quantitative estimate of drug-likeness (QED) is 0.698. The second-order valence-corrected chi connectivity index (χ2v) is 6.95. The van der Waals surface area contributed by atoms with Gasteiger partial charge in [-0.3, -0.25) is 0 Å². The van der Waals surface area contributed by atoms with Crippen molar-refractivity contribution in [1.29, 1.82) is 0 Å². The number of hydrogen-bond acceptors (Lipinski definition) is 1. The molecule has 1 aliphatic rings. The molecule has 1 N–H and O–H groups in total. The molecule has 1 aromatic heterocycles. The van der Waals surface area contributed by atoms with E-state index in [0.717, 1.165) is 24.9 Å². The van der Waals surface area contributed by atoms with Crippen LogP contribution in [0.4, 0.5) is 0 Å². The predicted octanol–water partition coefficient (Wildman–Crippen LogP) is 5.28. The third kappa shape index (κ3) is 2.94. The second kappa shape index (κ2) is 6.83. The van der Waals surface area contributed by atoms with Crippen LogP contribution in [-0.2, 0) is 19.3 Å². The van der Waals surface area contributed by atoms with Gasteiger partial charge in [0, 0.05) is 11.4 Å². The molecule has 0 unspecified atom stereocenters. The Labute approximate surface area is 153 Å². The topological polar surface area (TPSA) is 42.2 Å². The highest BCUT2D eigenvalue weighted by atomic mass is 16.4. The van der Waals surface area contributed by atoms with Crippen molar-refractivity contribution >= 4 is 5.97 Å². The Morgan fingerprint density at radius 1 is 1.00 bits per heavy atom. The van der Waals surface area contributed by atoms with Crippen LogP contribution in [0.1, 0.15) is 46.9 Å². The van der Waals surface area contributed by atoms with Gasteiger partial charge in [-0.15, -0.1) is 0 Å². The van der Waals surface area contributed by atoms with E-state index in [-0.39, 0.29) is 0 Å². The second-order valence-electron chi connectivity index (χ2n) is 6.95. The van der Waals surface area contributed by atoms with Crippen LogP contribution in [-0.4, -0.2) is 15.6 Å². The zero-order chi connectivity index (χ0) is 18.1. The number of carbonyl (C=O) groups is 1. The average Bonchev–Trinajstić information content (AvgIpc) is 3.07. The summed E-state index contributed by atoms with van der Waals surface area (Å²) < 4.78 is 2.32. The Morgan fingerprint density at radius 2 is 1.69 bits per heavy atom. The molecule has 1 aliphatic carbocycles. The first-order valence-electron chi connectivity index (χ1n) is 9.34. The van der Waals surface area contributed by atoms with Crippen LogP contribution < -0.4 is 0 Å². The Balaban J connectivity index is 1.86. The fraction of sp³-hybridized carbons (Fsp3) is 0.261. The lowest BCUT2D eigenvalue weighted by Gasteiger charge is -2.18. The number of hydrogen-bond donors (Lipinski definition) is 1. The Hall–Kier alpha value is -2.81. The molecule has 0 spiro atoms. The molecule has 3 aromatic rings. The number of fused-ring (bicyclic) bond motifs is 1. The standard InChI is InChI=1S/C23H23NO2/c1-2-16-7-9-17(10-8-16)22-15-19-5-3-4-6-21(19)24(22)20-13-11-18(12-14-20)23(25)26/h7-15H,2-6H2,1H3,(H,25,26). The van der Waals surface area contributed by atoms with Gasteiger partial charge in [0.15, 0.2) is 0 Å². The highest BCUT2D eigenvalue weighted by Gasteiger charge is 2.20. The molecule has 3 nitrogen and oxygen atoms in total. The number of benzene rings is 2. The molecule has 0 radical (unpaired) electrons. The molecule has 1 heterocycles. The van der Waals surface area contributed by atoms with Gasteiger partial charge in [0.25, 0.3) is 0 Å². The zero-order valence-corrected chi connectivity index (χ0v) is 15.0. The van der Waals surface area contributed by atoms with Gasteiger partial charge >= 0.3 is 5.97 Å². The van der Waals surface area contributed by atoms with E-state index in [0.29, 0.717) is 5.56 Å². The van der Waals surface area contributed by atoms with E-state index in [1.54, 1.807) is 12.1 Å². The largest absolute Gasteiger partial charge is 0.478 e. The van der Waals surface area contributed by atoms with Crippen molar-refractivity contribution < 1.29 is 9.90 Å². The molecule has 0 fully saturated rings. The van der Waals surface area contributed by atoms with Crippen LogP contribution in [0.3, 0.4) is 0 Å². The van der Waals surface area contributed by atoms with Crippen molar-refractivity contribution in [2.24, 2.45) is 0 Å². The highest BCUT2D eigenvalue weighted by molar-refractivity contribution is 5.87. The summed E-state index contributed by atoms with van der Waals surface area (Å²) in [6.45, 7) is 2.17. The first-order chi connectivity index (χ1) is 12.7. The van der Waals surface area contributed by atoms with Gasteiger partial charge < -0.3 is 9.67 Å². The normalized spacial score (nSPS) is 13.4. The van der Waals surface area contributed by atoms with Gasteiger partial charge in [0.1, 0.15) is 0 Å². The Kier molecular flexibility index (Phi) is 4.37. The zero-order valence-electron chi connectivity index (χ0n) is 15.0. The van der Waals surface area contributed by atoms with Gasteiger partial charge in [-0.25, -0.2) is 4.79 Å². The van der Waals surface area contributed by atoms with E-state index in [1.165, 1.54) is 40.9 Å². The maximum absolute atomic E-state index is 11.2. The van der Waals surface area contributed by atoms with Gasteiger partial charge in [-0.2, -0.15) is 0 Å². The number of aromatic carboxylic acids is 1. The summed E-state index contributed by atoms with van der Waals surface area (Å²) in [7, 11) is 0. The fourth-order valence-electron chi connectivity index (χ4n) is 3.87. The Morgan fingerprint density at radius 3 is 2.35 bits per heavy atom.